The fourth-order valence-electron chi connectivity index (χ4n) is 2.63. The van der Waals surface area contributed by atoms with Crippen LogP contribution in [0.4, 0.5) is 5.69 Å². The lowest BCUT2D eigenvalue weighted by Crippen LogP contribution is -2.44. The van der Waals surface area contributed by atoms with Crippen LogP contribution in [0, 0.1) is 16.7 Å². The molecule has 1 aliphatic heterocycles. The van der Waals surface area contributed by atoms with Gasteiger partial charge in [0.15, 0.2) is 0 Å². The van der Waals surface area contributed by atoms with Crippen LogP contribution in [0.15, 0.2) is 18.5 Å². The summed E-state index contributed by atoms with van der Waals surface area (Å²) in [5, 5.41) is 18.5. The number of hydrogen-bond acceptors (Lipinski definition) is 4. The molecule has 0 amide bonds. The molecule has 100 valence electrons. The quantitative estimate of drug-likeness (QED) is 0.898. The van der Waals surface area contributed by atoms with E-state index in [0.717, 1.165) is 5.69 Å². The zero-order valence-electron chi connectivity index (χ0n) is 11.0. The average Bonchev–Trinajstić information content (AvgIpc) is 2.47. The summed E-state index contributed by atoms with van der Waals surface area (Å²) < 4.78 is 0. The molecular formula is C14H17N3O2. The molecular weight excluding hydrogens is 242 g/mol. The number of hydrogen-bond donors (Lipinski definition) is 1. The number of carboxylic acid groups (broad SMARTS) is 1. The predicted molar refractivity (Wildman–Crippen MR) is 70.8 cm³/mol. The lowest BCUT2D eigenvalue weighted by atomic mass is 9.76. The number of anilines is 1. The van der Waals surface area contributed by atoms with Gasteiger partial charge in [0.05, 0.1) is 22.9 Å². The minimum absolute atomic E-state index is 0.592. The van der Waals surface area contributed by atoms with Gasteiger partial charge in [0, 0.05) is 19.3 Å². The molecule has 19 heavy (non-hydrogen) atoms. The van der Waals surface area contributed by atoms with E-state index < -0.39 is 11.4 Å². The van der Waals surface area contributed by atoms with Crippen molar-refractivity contribution < 1.29 is 9.90 Å². The first kappa shape index (κ1) is 13.3. The Hall–Kier alpha value is -2.09. The van der Waals surface area contributed by atoms with Crippen molar-refractivity contribution in [3.8, 4) is 6.07 Å². The van der Waals surface area contributed by atoms with Crippen LogP contribution in [0.5, 0.6) is 0 Å². The van der Waals surface area contributed by atoms with E-state index in [9.17, 15) is 9.90 Å². The van der Waals surface area contributed by atoms with E-state index in [1.165, 1.54) is 0 Å². The van der Waals surface area contributed by atoms with Crippen LogP contribution in [-0.2, 0) is 4.79 Å². The van der Waals surface area contributed by atoms with Crippen LogP contribution in [-0.4, -0.2) is 29.1 Å². The van der Waals surface area contributed by atoms with Gasteiger partial charge >= 0.3 is 5.97 Å². The van der Waals surface area contributed by atoms with Crippen molar-refractivity contribution in [2.45, 2.75) is 26.2 Å². The van der Waals surface area contributed by atoms with Gasteiger partial charge in [-0.1, -0.05) is 6.92 Å². The predicted octanol–water partition coefficient (Wildman–Crippen LogP) is 2.03. The highest BCUT2D eigenvalue weighted by molar-refractivity contribution is 5.75. The standard InChI is InChI=1S/C14H17N3O2/c1-2-14(13(18)19)4-7-17(8-5-14)12-10-16-6-3-11(12)9-15/h3,6,10H,2,4-5,7-8H2,1H3,(H,18,19). The third-order valence-corrected chi connectivity index (χ3v) is 4.11. The number of pyridine rings is 1. The monoisotopic (exact) mass is 259 g/mol. The molecule has 1 fully saturated rings. The van der Waals surface area contributed by atoms with Gasteiger partial charge in [-0.2, -0.15) is 5.26 Å². The minimum atomic E-state index is -0.707. The maximum atomic E-state index is 11.4. The number of nitriles is 1. The van der Waals surface area contributed by atoms with Crippen LogP contribution >= 0.6 is 0 Å². The molecule has 0 aromatic carbocycles. The van der Waals surface area contributed by atoms with E-state index in [2.05, 4.69) is 16.0 Å². The van der Waals surface area contributed by atoms with Crippen molar-refractivity contribution in [2.75, 3.05) is 18.0 Å². The third kappa shape index (κ3) is 2.39. The fraction of sp³-hybridized carbons (Fsp3) is 0.500. The van der Waals surface area contributed by atoms with Crippen LogP contribution in [0.3, 0.4) is 0 Å². The zero-order chi connectivity index (χ0) is 13.9. The number of piperidine rings is 1. The number of carbonyl (C=O) groups is 1. The molecule has 1 N–H and O–H groups in total. The minimum Gasteiger partial charge on any atom is -0.481 e. The molecule has 5 heteroatoms. The second kappa shape index (κ2) is 5.27. The highest BCUT2D eigenvalue weighted by atomic mass is 16.4. The summed E-state index contributed by atoms with van der Waals surface area (Å²) in [5.41, 5.74) is 0.792. The van der Waals surface area contributed by atoms with Gasteiger partial charge in [0.2, 0.25) is 0 Å². The van der Waals surface area contributed by atoms with Crippen molar-refractivity contribution in [3.05, 3.63) is 24.0 Å². The summed E-state index contributed by atoms with van der Waals surface area (Å²) in [6.07, 6.45) is 5.14. The normalized spacial score (nSPS) is 17.8. The molecule has 0 spiro atoms. The summed E-state index contributed by atoms with van der Waals surface area (Å²) in [5.74, 6) is -0.707. The molecule has 0 saturated carbocycles. The molecule has 0 unspecified atom stereocenters. The van der Waals surface area contributed by atoms with Crippen molar-refractivity contribution in [1.29, 1.82) is 5.26 Å². The van der Waals surface area contributed by atoms with Crippen LogP contribution in [0.2, 0.25) is 0 Å². The number of carboxylic acids is 1. The summed E-state index contributed by atoms with van der Waals surface area (Å²) in [6, 6.07) is 3.84. The van der Waals surface area contributed by atoms with Crippen molar-refractivity contribution in [2.24, 2.45) is 5.41 Å². The van der Waals surface area contributed by atoms with Gasteiger partial charge in [-0.3, -0.25) is 9.78 Å². The first-order chi connectivity index (χ1) is 9.13. The van der Waals surface area contributed by atoms with Gasteiger partial charge < -0.3 is 10.0 Å². The molecule has 1 saturated heterocycles. The molecule has 1 aliphatic rings. The summed E-state index contributed by atoms with van der Waals surface area (Å²) >= 11 is 0. The lowest BCUT2D eigenvalue weighted by molar-refractivity contribution is -0.150. The van der Waals surface area contributed by atoms with Gasteiger partial charge in [-0.25, -0.2) is 0 Å². The molecule has 1 aromatic rings. The molecule has 0 radical (unpaired) electrons. The molecule has 1 aromatic heterocycles. The summed E-state index contributed by atoms with van der Waals surface area (Å²) in [4.78, 5) is 17.5. The van der Waals surface area contributed by atoms with E-state index in [1.807, 2.05) is 6.92 Å². The topological polar surface area (TPSA) is 77.2 Å². The third-order valence-electron chi connectivity index (χ3n) is 4.11. The SMILES string of the molecule is CCC1(C(=O)O)CCN(c2cnccc2C#N)CC1. The smallest absolute Gasteiger partial charge is 0.309 e. The highest BCUT2D eigenvalue weighted by Crippen LogP contribution is 2.37. The Bertz CT molecular complexity index is 514. The van der Waals surface area contributed by atoms with Crippen LogP contribution in [0.1, 0.15) is 31.7 Å². The number of rotatable bonds is 3. The van der Waals surface area contributed by atoms with E-state index in [-0.39, 0.29) is 0 Å². The van der Waals surface area contributed by atoms with Crippen molar-refractivity contribution in [3.63, 3.8) is 0 Å². The van der Waals surface area contributed by atoms with Gasteiger partial charge in [0.25, 0.3) is 0 Å². The summed E-state index contributed by atoms with van der Waals surface area (Å²) in [6.45, 7) is 3.23. The molecule has 2 rings (SSSR count). The Morgan fingerprint density at radius 3 is 2.79 bits per heavy atom. The first-order valence-electron chi connectivity index (χ1n) is 6.45. The largest absolute Gasteiger partial charge is 0.481 e. The first-order valence-corrected chi connectivity index (χ1v) is 6.45. The highest BCUT2D eigenvalue weighted by Gasteiger charge is 2.40. The fourth-order valence-corrected chi connectivity index (χ4v) is 2.63. The second-order valence-electron chi connectivity index (χ2n) is 4.93. The molecule has 0 atom stereocenters. The molecule has 5 nitrogen and oxygen atoms in total. The lowest BCUT2D eigenvalue weighted by Gasteiger charge is -2.39. The molecule has 0 aliphatic carbocycles. The van der Waals surface area contributed by atoms with E-state index in [1.54, 1.807) is 18.5 Å². The van der Waals surface area contributed by atoms with Crippen molar-refractivity contribution in [1.82, 2.24) is 4.98 Å². The van der Waals surface area contributed by atoms with Gasteiger partial charge in [-0.05, 0) is 25.3 Å². The van der Waals surface area contributed by atoms with Crippen LogP contribution in [0.25, 0.3) is 0 Å². The average molecular weight is 259 g/mol. The van der Waals surface area contributed by atoms with E-state index in [0.29, 0.717) is 37.9 Å². The maximum absolute atomic E-state index is 11.4. The van der Waals surface area contributed by atoms with Gasteiger partial charge in [0.1, 0.15) is 6.07 Å². The number of aromatic nitrogens is 1. The maximum Gasteiger partial charge on any atom is 0.309 e. The van der Waals surface area contributed by atoms with Crippen molar-refractivity contribution >= 4 is 11.7 Å². The molecule has 2 heterocycles. The Labute approximate surface area is 112 Å². The zero-order valence-corrected chi connectivity index (χ0v) is 11.0. The van der Waals surface area contributed by atoms with E-state index >= 15 is 0 Å². The van der Waals surface area contributed by atoms with Crippen LogP contribution < -0.4 is 4.90 Å². The number of nitrogens with zero attached hydrogens (tertiary/aromatic N) is 3. The van der Waals surface area contributed by atoms with Gasteiger partial charge in [-0.15, -0.1) is 0 Å². The number of aliphatic carboxylic acids is 1. The molecule has 0 bridgehead atoms. The van der Waals surface area contributed by atoms with E-state index in [4.69, 9.17) is 5.26 Å². The second-order valence-corrected chi connectivity index (χ2v) is 4.93. The Kier molecular flexibility index (Phi) is 3.70. The Morgan fingerprint density at radius 1 is 1.58 bits per heavy atom. The Morgan fingerprint density at radius 2 is 2.26 bits per heavy atom. The summed E-state index contributed by atoms with van der Waals surface area (Å²) in [7, 11) is 0. The Balaban J connectivity index is 2.16.